The van der Waals surface area contributed by atoms with E-state index in [1.807, 2.05) is 19.0 Å². The summed E-state index contributed by atoms with van der Waals surface area (Å²) in [5.74, 6) is 0. The molecule has 0 aliphatic rings. The van der Waals surface area contributed by atoms with E-state index < -0.39 is 0 Å². The molecule has 0 aromatic carbocycles. The van der Waals surface area contributed by atoms with Crippen LogP contribution >= 0.6 is 0 Å². The van der Waals surface area contributed by atoms with Gasteiger partial charge in [0.15, 0.2) is 0 Å². The normalized spacial score (nSPS) is 8.71. The minimum absolute atomic E-state index is 0. The number of rotatable bonds is 2. The van der Waals surface area contributed by atoms with Crippen molar-refractivity contribution in [2.24, 2.45) is 0 Å². The number of halogens is 1. The monoisotopic (exact) mass is 167 g/mol. The van der Waals surface area contributed by atoms with Gasteiger partial charge in [-0.2, -0.15) is 0 Å². The summed E-state index contributed by atoms with van der Waals surface area (Å²) in [4.78, 5) is 1.86. The Kier molecular flexibility index (Phi) is 10.2. The van der Waals surface area contributed by atoms with Crippen molar-refractivity contribution in [3.63, 3.8) is 0 Å². The summed E-state index contributed by atoms with van der Waals surface area (Å²) in [5.41, 5.74) is 0. The van der Waals surface area contributed by atoms with Crippen molar-refractivity contribution in [1.82, 2.24) is 4.90 Å². The van der Waals surface area contributed by atoms with Crippen LogP contribution in [0, 0.1) is 0 Å². The molecule has 0 aromatic rings. The molecule has 0 aromatic heterocycles. The smallest absolute Gasteiger partial charge is 1.00 e. The molecule has 0 radical (unpaired) electrons. The number of hydrogen-bond donors (Lipinski definition) is 0. The van der Waals surface area contributed by atoms with Crippen molar-refractivity contribution < 1.29 is 32.1 Å². The van der Waals surface area contributed by atoms with Crippen molar-refractivity contribution >= 4 is 0 Å². The molecule has 0 N–H and O–H groups in total. The van der Waals surface area contributed by atoms with Crippen LogP contribution in [0.15, 0.2) is 0 Å². The van der Waals surface area contributed by atoms with E-state index in [2.05, 4.69) is 19.7 Å². The van der Waals surface area contributed by atoms with E-state index in [1.54, 1.807) is 0 Å². The topological polar surface area (TPSA) is 12.5 Å². The maximum atomic E-state index is 4.35. The molecule has 0 spiro atoms. The SMILES string of the molecule is CN(C)C[O][Ni+].[Cl-]. The van der Waals surface area contributed by atoms with Crippen molar-refractivity contribution in [3.05, 3.63) is 0 Å². The van der Waals surface area contributed by atoms with Gasteiger partial charge in [-0.05, 0) is 0 Å². The first-order chi connectivity index (χ1) is 2.77. The number of hydrogen-bond acceptors (Lipinski definition) is 2. The first kappa shape index (κ1) is 10.6. The molecule has 0 heterocycles. The van der Waals surface area contributed by atoms with Gasteiger partial charge in [-0.3, -0.25) is 0 Å². The second-order valence-corrected chi connectivity index (χ2v) is 1.59. The fourth-order valence-corrected chi connectivity index (χ4v) is 0.337. The summed E-state index contributed by atoms with van der Waals surface area (Å²) in [7, 11) is 3.80. The third-order valence-electron chi connectivity index (χ3n) is 0.299. The van der Waals surface area contributed by atoms with Crippen LogP contribution < -0.4 is 12.4 Å². The maximum absolute atomic E-state index is 4.35. The van der Waals surface area contributed by atoms with Crippen LogP contribution in [0.5, 0.6) is 0 Å². The van der Waals surface area contributed by atoms with Crippen LogP contribution in [0.25, 0.3) is 0 Å². The molecule has 2 nitrogen and oxygen atoms in total. The van der Waals surface area contributed by atoms with Gasteiger partial charge in [0.25, 0.3) is 0 Å². The van der Waals surface area contributed by atoms with Crippen molar-refractivity contribution in [3.8, 4) is 0 Å². The predicted molar refractivity (Wildman–Crippen MR) is 19.6 cm³/mol. The molecule has 0 saturated heterocycles. The summed E-state index contributed by atoms with van der Waals surface area (Å²) in [6.07, 6.45) is 0. The molecule has 0 unspecified atom stereocenters. The first-order valence-corrected chi connectivity index (χ1v) is 2.03. The molecule has 4 heteroatoms. The Labute approximate surface area is 58.3 Å². The average molecular weight is 168 g/mol. The molecule has 0 fully saturated rings. The van der Waals surface area contributed by atoms with Gasteiger partial charge < -0.3 is 12.4 Å². The molecule has 0 aliphatic heterocycles. The predicted octanol–water partition coefficient (Wildman–Crippen LogP) is -3.01. The second kappa shape index (κ2) is 6.70. The zero-order chi connectivity index (χ0) is 4.99. The Morgan fingerprint density at radius 1 is 1.57 bits per heavy atom. The summed E-state index contributed by atoms with van der Waals surface area (Å²) in [6.45, 7) is 0.542. The van der Waals surface area contributed by atoms with E-state index in [-0.39, 0.29) is 12.4 Å². The van der Waals surface area contributed by atoms with Gasteiger partial charge >= 0.3 is 45.4 Å². The fraction of sp³-hybridized carbons (Fsp3) is 1.00. The molecule has 0 aliphatic carbocycles. The molecule has 48 valence electrons. The standard InChI is InChI=1S/C3H8NO.ClH.Ni/c1-4(2)3-5;;/h3H2,1-2H3;1H;/q-1;;+2/p-1. The Morgan fingerprint density at radius 2 is 2.00 bits per heavy atom. The summed E-state index contributed by atoms with van der Waals surface area (Å²) < 4.78 is 4.35. The molecular formula is C3H8ClNNiO. The van der Waals surface area contributed by atoms with Crippen LogP contribution in [0.3, 0.4) is 0 Å². The second-order valence-electron chi connectivity index (χ2n) is 1.30. The minimum atomic E-state index is 0. The molecular weight excluding hydrogens is 160 g/mol. The van der Waals surface area contributed by atoms with Gasteiger partial charge in [0.2, 0.25) is 0 Å². The molecule has 0 bridgehead atoms. The Balaban J connectivity index is 0. The molecule has 0 saturated carbocycles. The zero-order valence-electron chi connectivity index (χ0n) is 4.26. The van der Waals surface area contributed by atoms with E-state index in [9.17, 15) is 0 Å². The van der Waals surface area contributed by atoms with Gasteiger partial charge in [-0.1, -0.05) is 0 Å². The summed E-state index contributed by atoms with van der Waals surface area (Å²) >= 11 is 3.94. The van der Waals surface area contributed by atoms with E-state index in [1.165, 1.54) is 0 Å². The Morgan fingerprint density at radius 3 is 2.00 bits per heavy atom. The quantitative estimate of drug-likeness (QED) is 0.322. The van der Waals surface area contributed by atoms with E-state index >= 15 is 0 Å². The van der Waals surface area contributed by atoms with Gasteiger partial charge in [0.1, 0.15) is 0 Å². The van der Waals surface area contributed by atoms with Crippen molar-refractivity contribution in [1.29, 1.82) is 0 Å². The van der Waals surface area contributed by atoms with Crippen LogP contribution in [0.2, 0.25) is 0 Å². The zero-order valence-corrected chi connectivity index (χ0v) is 6.00. The summed E-state index contributed by atoms with van der Waals surface area (Å²) in [5, 5.41) is 0. The Bertz CT molecular complexity index is 36.1. The number of nitrogens with zero attached hydrogens (tertiary/aromatic N) is 1. The minimum Gasteiger partial charge on any atom is -1.00 e. The van der Waals surface area contributed by atoms with Crippen LogP contribution in [0.4, 0.5) is 0 Å². The third kappa shape index (κ3) is 10.8. The van der Waals surface area contributed by atoms with E-state index in [0.717, 1.165) is 0 Å². The molecule has 0 atom stereocenters. The van der Waals surface area contributed by atoms with Crippen LogP contribution in [-0.4, -0.2) is 25.7 Å². The van der Waals surface area contributed by atoms with E-state index in [4.69, 9.17) is 0 Å². The molecule has 0 rings (SSSR count). The third-order valence-corrected chi connectivity index (χ3v) is 0.427. The van der Waals surface area contributed by atoms with Crippen LogP contribution in [0.1, 0.15) is 0 Å². The Hall–Kier alpha value is 0.704. The van der Waals surface area contributed by atoms with Gasteiger partial charge in [-0.15, -0.1) is 0 Å². The largest absolute Gasteiger partial charge is 1.00 e. The van der Waals surface area contributed by atoms with Gasteiger partial charge in [0.05, 0.1) is 0 Å². The first-order valence-electron chi connectivity index (χ1n) is 1.63. The van der Waals surface area contributed by atoms with Crippen LogP contribution in [-0.2, 0) is 19.7 Å². The molecule has 7 heavy (non-hydrogen) atoms. The molecule has 0 amide bonds. The maximum Gasteiger partial charge on any atom is -1.00 e. The van der Waals surface area contributed by atoms with Crippen molar-refractivity contribution in [2.45, 2.75) is 0 Å². The van der Waals surface area contributed by atoms with Crippen molar-refractivity contribution in [2.75, 3.05) is 20.8 Å². The van der Waals surface area contributed by atoms with E-state index in [0.29, 0.717) is 6.73 Å². The fourth-order valence-electron chi connectivity index (χ4n) is 0.0816. The average Bonchev–Trinajstić information content (AvgIpc) is 1.35. The van der Waals surface area contributed by atoms with Gasteiger partial charge in [-0.25, -0.2) is 0 Å². The summed E-state index contributed by atoms with van der Waals surface area (Å²) in [6, 6.07) is 0. The van der Waals surface area contributed by atoms with Gasteiger partial charge in [0, 0.05) is 0 Å².